The number of carbonyl (C=O) groups excluding carboxylic acids is 1. The predicted octanol–water partition coefficient (Wildman–Crippen LogP) is 4.19. The van der Waals surface area contributed by atoms with E-state index in [-0.39, 0.29) is 6.09 Å². The van der Waals surface area contributed by atoms with Gasteiger partial charge in [-0.2, -0.15) is 0 Å². The summed E-state index contributed by atoms with van der Waals surface area (Å²) in [5.74, 6) is 0.885. The molecule has 1 aromatic carbocycles. The Labute approximate surface area is 137 Å². The summed E-state index contributed by atoms with van der Waals surface area (Å²) < 4.78 is 10.7. The lowest BCUT2D eigenvalue weighted by Crippen LogP contribution is -2.42. The second-order valence-electron chi connectivity index (χ2n) is 6.46. The van der Waals surface area contributed by atoms with Crippen LogP contribution in [0.5, 0.6) is 5.75 Å². The molecule has 1 aliphatic rings. The summed E-state index contributed by atoms with van der Waals surface area (Å²) >= 11 is 1.86. The van der Waals surface area contributed by atoms with E-state index in [1.165, 1.54) is 4.90 Å². The topological polar surface area (TPSA) is 38.8 Å². The largest absolute Gasteiger partial charge is 0.497 e. The average Bonchev–Trinajstić information content (AvgIpc) is 2.46. The SMILES string of the molecule is COc1cccc(SC2CCN(C(=O)OC(C)(C)C)CC2)c1. The van der Waals surface area contributed by atoms with Gasteiger partial charge in [0, 0.05) is 23.2 Å². The van der Waals surface area contributed by atoms with Crippen molar-refractivity contribution in [1.29, 1.82) is 0 Å². The third-order valence-electron chi connectivity index (χ3n) is 3.44. The van der Waals surface area contributed by atoms with Crippen molar-refractivity contribution in [3.8, 4) is 5.75 Å². The number of benzene rings is 1. The van der Waals surface area contributed by atoms with Crippen LogP contribution in [0.3, 0.4) is 0 Å². The summed E-state index contributed by atoms with van der Waals surface area (Å²) in [5.41, 5.74) is -0.427. The van der Waals surface area contributed by atoms with E-state index >= 15 is 0 Å². The van der Waals surface area contributed by atoms with Crippen molar-refractivity contribution >= 4 is 17.9 Å². The highest BCUT2D eigenvalue weighted by atomic mass is 32.2. The molecular formula is C17H25NO3S. The van der Waals surface area contributed by atoms with Crippen LogP contribution < -0.4 is 4.74 Å². The van der Waals surface area contributed by atoms with E-state index in [4.69, 9.17) is 9.47 Å². The molecule has 0 aromatic heterocycles. The third kappa shape index (κ3) is 5.13. The lowest BCUT2D eigenvalue weighted by molar-refractivity contribution is 0.0219. The van der Waals surface area contributed by atoms with Crippen molar-refractivity contribution in [2.75, 3.05) is 20.2 Å². The van der Waals surface area contributed by atoms with E-state index in [1.807, 2.05) is 49.6 Å². The van der Waals surface area contributed by atoms with Gasteiger partial charge in [-0.25, -0.2) is 4.79 Å². The zero-order valence-electron chi connectivity index (χ0n) is 13.8. The summed E-state index contributed by atoms with van der Waals surface area (Å²) in [6.07, 6.45) is 1.78. The lowest BCUT2D eigenvalue weighted by atomic mass is 10.1. The second kappa shape index (κ2) is 7.27. The molecule has 0 radical (unpaired) electrons. The van der Waals surface area contributed by atoms with Crippen LogP contribution in [0.2, 0.25) is 0 Å². The highest BCUT2D eigenvalue weighted by Gasteiger charge is 2.27. The lowest BCUT2D eigenvalue weighted by Gasteiger charge is -2.33. The zero-order chi connectivity index (χ0) is 16.2. The molecule has 1 amide bonds. The molecule has 1 heterocycles. The zero-order valence-corrected chi connectivity index (χ0v) is 14.6. The van der Waals surface area contributed by atoms with Crippen LogP contribution in [0.25, 0.3) is 0 Å². The molecule has 1 aromatic rings. The Morgan fingerprint density at radius 2 is 1.95 bits per heavy atom. The van der Waals surface area contributed by atoms with Gasteiger partial charge in [-0.3, -0.25) is 0 Å². The molecule has 5 heteroatoms. The first-order valence-corrected chi connectivity index (χ1v) is 8.54. The maximum atomic E-state index is 12.0. The van der Waals surface area contributed by atoms with Crippen molar-refractivity contribution in [2.24, 2.45) is 0 Å². The van der Waals surface area contributed by atoms with E-state index in [0.29, 0.717) is 5.25 Å². The summed E-state index contributed by atoms with van der Waals surface area (Å²) in [4.78, 5) is 15.1. The molecule has 0 bridgehead atoms. The van der Waals surface area contributed by atoms with Crippen LogP contribution in [0.15, 0.2) is 29.2 Å². The van der Waals surface area contributed by atoms with E-state index in [1.54, 1.807) is 7.11 Å². The van der Waals surface area contributed by atoms with Crippen LogP contribution in [-0.2, 0) is 4.74 Å². The fourth-order valence-electron chi connectivity index (χ4n) is 2.35. The smallest absolute Gasteiger partial charge is 0.410 e. The molecular weight excluding hydrogens is 298 g/mol. The molecule has 22 heavy (non-hydrogen) atoms. The standard InChI is InChI=1S/C17H25NO3S/c1-17(2,3)21-16(19)18-10-8-14(9-11-18)22-15-7-5-6-13(12-15)20-4/h5-7,12,14H,8-11H2,1-4H3. The summed E-state index contributed by atoms with van der Waals surface area (Å²) in [7, 11) is 1.68. The number of rotatable bonds is 3. The minimum Gasteiger partial charge on any atom is -0.497 e. The number of ether oxygens (including phenoxy) is 2. The first kappa shape index (κ1) is 17.0. The van der Waals surface area contributed by atoms with Gasteiger partial charge in [0.2, 0.25) is 0 Å². The summed E-state index contributed by atoms with van der Waals surface area (Å²) in [6, 6.07) is 8.13. The minimum atomic E-state index is -0.427. The summed E-state index contributed by atoms with van der Waals surface area (Å²) in [5, 5.41) is 0.533. The molecule has 1 saturated heterocycles. The van der Waals surface area contributed by atoms with Gasteiger partial charge in [0.15, 0.2) is 0 Å². The normalized spacial score (nSPS) is 16.5. The van der Waals surface area contributed by atoms with E-state index < -0.39 is 5.60 Å². The number of methoxy groups -OCH3 is 1. The van der Waals surface area contributed by atoms with Crippen molar-refractivity contribution in [3.63, 3.8) is 0 Å². The van der Waals surface area contributed by atoms with Crippen LogP contribution in [0, 0.1) is 0 Å². The van der Waals surface area contributed by atoms with Crippen LogP contribution in [-0.4, -0.2) is 42.0 Å². The molecule has 122 valence electrons. The Bertz CT molecular complexity index is 505. The number of hydrogen-bond donors (Lipinski definition) is 0. The highest BCUT2D eigenvalue weighted by Crippen LogP contribution is 2.32. The first-order chi connectivity index (χ1) is 10.4. The molecule has 0 N–H and O–H groups in total. The molecule has 0 saturated carbocycles. The van der Waals surface area contributed by atoms with E-state index in [2.05, 4.69) is 12.1 Å². The molecule has 1 fully saturated rings. The Morgan fingerprint density at radius 1 is 1.27 bits per heavy atom. The minimum absolute atomic E-state index is 0.197. The van der Waals surface area contributed by atoms with Crippen LogP contribution >= 0.6 is 11.8 Å². The van der Waals surface area contributed by atoms with Gasteiger partial charge in [-0.1, -0.05) is 6.07 Å². The van der Waals surface area contributed by atoms with Crippen molar-refractivity contribution in [2.45, 2.75) is 49.4 Å². The van der Waals surface area contributed by atoms with Gasteiger partial charge in [0.25, 0.3) is 0 Å². The highest BCUT2D eigenvalue weighted by molar-refractivity contribution is 8.00. The number of thioether (sulfide) groups is 1. The molecule has 0 unspecified atom stereocenters. The third-order valence-corrected chi connectivity index (χ3v) is 4.77. The summed E-state index contributed by atoms with van der Waals surface area (Å²) in [6.45, 7) is 7.22. The Morgan fingerprint density at radius 3 is 2.55 bits per heavy atom. The fraction of sp³-hybridized carbons (Fsp3) is 0.588. The number of amides is 1. The van der Waals surface area contributed by atoms with Gasteiger partial charge in [0.05, 0.1) is 7.11 Å². The van der Waals surface area contributed by atoms with Crippen LogP contribution in [0.1, 0.15) is 33.6 Å². The van der Waals surface area contributed by atoms with E-state index in [0.717, 1.165) is 31.7 Å². The number of likely N-dealkylation sites (tertiary alicyclic amines) is 1. The van der Waals surface area contributed by atoms with Crippen molar-refractivity contribution in [3.05, 3.63) is 24.3 Å². The van der Waals surface area contributed by atoms with Gasteiger partial charge in [-0.05, 0) is 51.8 Å². The molecule has 1 aliphatic heterocycles. The van der Waals surface area contributed by atoms with Gasteiger partial charge >= 0.3 is 6.09 Å². The molecule has 2 rings (SSSR count). The Balaban J connectivity index is 1.83. The predicted molar refractivity (Wildman–Crippen MR) is 89.7 cm³/mol. The maximum absolute atomic E-state index is 12.0. The van der Waals surface area contributed by atoms with Crippen molar-refractivity contribution in [1.82, 2.24) is 4.90 Å². The Hall–Kier alpha value is -1.36. The number of piperidine rings is 1. The first-order valence-electron chi connectivity index (χ1n) is 7.66. The number of hydrogen-bond acceptors (Lipinski definition) is 4. The molecule has 0 spiro atoms. The monoisotopic (exact) mass is 323 g/mol. The van der Waals surface area contributed by atoms with Gasteiger partial charge in [0.1, 0.15) is 11.4 Å². The Kier molecular flexibility index (Phi) is 5.62. The number of carbonyl (C=O) groups is 1. The fourth-order valence-corrected chi connectivity index (χ4v) is 3.52. The van der Waals surface area contributed by atoms with Gasteiger partial charge in [-0.15, -0.1) is 11.8 Å². The van der Waals surface area contributed by atoms with Crippen LogP contribution in [0.4, 0.5) is 4.79 Å². The van der Waals surface area contributed by atoms with Crippen molar-refractivity contribution < 1.29 is 14.3 Å². The van der Waals surface area contributed by atoms with E-state index in [9.17, 15) is 4.79 Å². The quantitative estimate of drug-likeness (QED) is 0.836. The maximum Gasteiger partial charge on any atom is 0.410 e. The molecule has 4 nitrogen and oxygen atoms in total. The van der Waals surface area contributed by atoms with Gasteiger partial charge < -0.3 is 14.4 Å². The average molecular weight is 323 g/mol. The second-order valence-corrected chi connectivity index (χ2v) is 7.84. The molecule has 0 atom stereocenters. The number of nitrogens with zero attached hydrogens (tertiary/aromatic N) is 1. The molecule has 0 aliphatic carbocycles.